The number of carbonyl (C=O) groups is 2. The van der Waals surface area contributed by atoms with Crippen LogP contribution in [0.4, 0.5) is 10.8 Å². The molecule has 2 N–H and O–H groups in total. The van der Waals surface area contributed by atoms with Crippen LogP contribution < -0.4 is 10.6 Å². The molecule has 1 heterocycles. The van der Waals surface area contributed by atoms with Gasteiger partial charge in [-0.25, -0.2) is 4.98 Å². The molecule has 0 aliphatic carbocycles. The number of nitrogens with one attached hydrogen (secondary N) is 2. The van der Waals surface area contributed by atoms with Gasteiger partial charge in [-0.3, -0.25) is 14.9 Å². The summed E-state index contributed by atoms with van der Waals surface area (Å²) >= 11 is 1.32. The summed E-state index contributed by atoms with van der Waals surface area (Å²) in [5.41, 5.74) is 4.13. The fourth-order valence-electron chi connectivity index (χ4n) is 2.60. The second-order valence-electron chi connectivity index (χ2n) is 5.90. The molecule has 2 aromatic carbocycles. The average Bonchev–Trinajstić information content (AvgIpc) is 2.99. The highest BCUT2D eigenvalue weighted by Crippen LogP contribution is 2.27. The molecule has 0 aliphatic rings. The summed E-state index contributed by atoms with van der Waals surface area (Å²) in [5.74, 6) is -0.442. The summed E-state index contributed by atoms with van der Waals surface area (Å²) in [6, 6.07) is 11.2. The minimum Gasteiger partial charge on any atom is -0.375 e. The van der Waals surface area contributed by atoms with Gasteiger partial charge in [0.05, 0.1) is 10.2 Å². The normalized spacial score (nSPS) is 10.7. The molecule has 1 aromatic heterocycles. The number of rotatable bonds is 5. The van der Waals surface area contributed by atoms with E-state index in [4.69, 9.17) is 4.74 Å². The largest absolute Gasteiger partial charge is 0.375 e. The molecule has 2 amide bonds. The molecule has 134 valence electrons. The molecule has 6 nitrogen and oxygen atoms in total. The number of anilines is 2. The van der Waals surface area contributed by atoms with Crippen LogP contribution in [0.5, 0.6) is 0 Å². The topological polar surface area (TPSA) is 80.3 Å². The van der Waals surface area contributed by atoms with Gasteiger partial charge in [-0.05, 0) is 43.2 Å². The van der Waals surface area contributed by atoms with Gasteiger partial charge in [0.1, 0.15) is 6.61 Å². The van der Waals surface area contributed by atoms with Crippen molar-refractivity contribution in [2.75, 3.05) is 24.4 Å². The van der Waals surface area contributed by atoms with E-state index in [0.29, 0.717) is 10.7 Å². The maximum absolute atomic E-state index is 12.6. The van der Waals surface area contributed by atoms with Gasteiger partial charge in [0.25, 0.3) is 11.8 Å². The van der Waals surface area contributed by atoms with Gasteiger partial charge in [-0.1, -0.05) is 29.5 Å². The van der Waals surface area contributed by atoms with Crippen molar-refractivity contribution in [3.05, 3.63) is 53.1 Å². The Balaban J connectivity index is 1.82. The summed E-state index contributed by atoms with van der Waals surface area (Å²) < 4.78 is 5.61. The molecular formula is C19H19N3O3S. The van der Waals surface area contributed by atoms with E-state index in [-0.39, 0.29) is 18.4 Å². The lowest BCUT2D eigenvalue weighted by Gasteiger charge is -2.11. The zero-order valence-electron chi connectivity index (χ0n) is 14.8. The van der Waals surface area contributed by atoms with Crippen LogP contribution in [0.3, 0.4) is 0 Å². The van der Waals surface area contributed by atoms with Crippen molar-refractivity contribution >= 4 is 44.2 Å². The van der Waals surface area contributed by atoms with Crippen LogP contribution in [0, 0.1) is 13.8 Å². The van der Waals surface area contributed by atoms with Gasteiger partial charge in [0.15, 0.2) is 5.13 Å². The van der Waals surface area contributed by atoms with Gasteiger partial charge in [-0.2, -0.15) is 0 Å². The van der Waals surface area contributed by atoms with Gasteiger partial charge in [-0.15, -0.1) is 0 Å². The number of aromatic nitrogens is 1. The molecular weight excluding hydrogens is 350 g/mol. The van der Waals surface area contributed by atoms with E-state index in [1.54, 1.807) is 18.2 Å². The molecule has 0 bridgehead atoms. The molecule has 0 saturated carbocycles. The number of methoxy groups -OCH3 is 1. The van der Waals surface area contributed by atoms with Crippen molar-refractivity contribution in [2.45, 2.75) is 13.8 Å². The lowest BCUT2D eigenvalue weighted by molar-refractivity contribution is -0.119. The Morgan fingerprint density at radius 2 is 1.85 bits per heavy atom. The van der Waals surface area contributed by atoms with Crippen molar-refractivity contribution in [1.29, 1.82) is 0 Å². The van der Waals surface area contributed by atoms with Gasteiger partial charge < -0.3 is 10.1 Å². The Kier molecular flexibility index (Phi) is 5.29. The average molecular weight is 369 g/mol. The first-order chi connectivity index (χ1) is 12.5. The van der Waals surface area contributed by atoms with E-state index in [9.17, 15) is 9.59 Å². The molecule has 0 aliphatic heterocycles. The fourth-order valence-corrected chi connectivity index (χ4v) is 3.52. The lowest BCUT2D eigenvalue weighted by atomic mass is 10.1. The summed E-state index contributed by atoms with van der Waals surface area (Å²) in [6.45, 7) is 3.90. The molecule has 7 heteroatoms. The molecule has 3 aromatic rings. The van der Waals surface area contributed by atoms with Crippen LogP contribution in [-0.2, 0) is 9.53 Å². The maximum atomic E-state index is 12.6. The Labute approximate surface area is 155 Å². The third kappa shape index (κ3) is 3.89. The van der Waals surface area contributed by atoms with Crippen molar-refractivity contribution < 1.29 is 14.3 Å². The van der Waals surface area contributed by atoms with Crippen LogP contribution in [0.25, 0.3) is 10.2 Å². The first-order valence-corrected chi connectivity index (χ1v) is 8.86. The maximum Gasteiger partial charge on any atom is 0.255 e. The Morgan fingerprint density at radius 3 is 2.54 bits per heavy atom. The second-order valence-corrected chi connectivity index (χ2v) is 6.93. The number of nitrogens with zero attached hydrogens (tertiary/aromatic N) is 1. The van der Waals surface area contributed by atoms with Crippen molar-refractivity contribution in [1.82, 2.24) is 4.98 Å². The standard InChI is InChI=1S/C19H19N3O3S/c1-11-5-4-6-12(2)17(11)22-18(24)13-7-8-14-15(9-13)26-19(20-14)21-16(23)10-25-3/h4-9H,10H2,1-3H3,(H,22,24)(H,20,21,23). The number of hydrogen-bond acceptors (Lipinski definition) is 5. The molecule has 0 fully saturated rings. The van der Waals surface area contributed by atoms with Crippen LogP contribution in [0.15, 0.2) is 36.4 Å². The Morgan fingerprint density at radius 1 is 1.12 bits per heavy atom. The van der Waals surface area contributed by atoms with Gasteiger partial charge >= 0.3 is 0 Å². The minimum atomic E-state index is -0.264. The first kappa shape index (κ1) is 18.0. The molecule has 26 heavy (non-hydrogen) atoms. The lowest BCUT2D eigenvalue weighted by Crippen LogP contribution is -2.16. The highest BCUT2D eigenvalue weighted by Gasteiger charge is 2.13. The Hall–Kier alpha value is -2.77. The number of hydrogen-bond donors (Lipinski definition) is 2. The highest BCUT2D eigenvalue weighted by atomic mass is 32.1. The van der Waals surface area contributed by atoms with E-state index in [1.165, 1.54) is 18.4 Å². The number of ether oxygens (including phenoxy) is 1. The molecule has 0 atom stereocenters. The highest BCUT2D eigenvalue weighted by molar-refractivity contribution is 7.22. The number of carbonyl (C=O) groups excluding carboxylic acids is 2. The number of para-hydroxylation sites is 1. The van der Waals surface area contributed by atoms with Crippen LogP contribution in [-0.4, -0.2) is 30.5 Å². The predicted molar refractivity (Wildman–Crippen MR) is 104 cm³/mol. The number of amides is 2. The van der Waals surface area contributed by atoms with Gasteiger partial charge in [0.2, 0.25) is 0 Å². The fraction of sp³-hybridized carbons (Fsp3) is 0.211. The van der Waals surface area contributed by atoms with E-state index < -0.39 is 0 Å². The van der Waals surface area contributed by atoms with E-state index >= 15 is 0 Å². The van der Waals surface area contributed by atoms with Crippen molar-refractivity contribution in [3.63, 3.8) is 0 Å². The van der Waals surface area contributed by atoms with Crippen LogP contribution >= 0.6 is 11.3 Å². The van der Waals surface area contributed by atoms with Crippen LogP contribution in [0.1, 0.15) is 21.5 Å². The van der Waals surface area contributed by atoms with Crippen molar-refractivity contribution in [3.8, 4) is 0 Å². The smallest absolute Gasteiger partial charge is 0.255 e. The second kappa shape index (κ2) is 7.63. The SMILES string of the molecule is COCC(=O)Nc1nc2ccc(C(=O)Nc3c(C)cccc3C)cc2s1. The van der Waals surface area contributed by atoms with E-state index in [2.05, 4.69) is 15.6 Å². The third-order valence-corrected chi connectivity index (χ3v) is 4.83. The number of thiazole rings is 1. The monoisotopic (exact) mass is 369 g/mol. The molecule has 0 radical (unpaired) electrons. The zero-order chi connectivity index (χ0) is 18.7. The third-order valence-electron chi connectivity index (χ3n) is 3.89. The number of aryl methyl sites for hydroxylation is 2. The van der Waals surface area contributed by atoms with Crippen LogP contribution in [0.2, 0.25) is 0 Å². The Bertz CT molecular complexity index is 961. The van der Waals surface area contributed by atoms with E-state index in [1.807, 2.05) is 32.0 Å². The predicted octanol–water partition coefficient (Wildman–Crippen LogP) is 3.75. The number of fused-ring (bicyclic) bond motifs is 1. The first-order valence-electron chi connectivity index (χ1n) is 8.05. The summed E-state index contributed by atoms with van der Waals surface area (Å²) in [7, 11) is 1.46. The molecule has 0 unspecified atom stereocenters. The van der Waals surface area contributed by atoms with Crippen molar-refractivity contribution in [2.24, 2.45) is 0 Å². The summed E-state index contributed by atoms with van der Waals surface area (Å²) in [4.78, 5) is 28.6. The zero-order valence-corrected chi connectivity index (χ0v) is 15.6. The summed E-state index contributed by atoms with van der Waals surface area (Å²) in [6.07, 6.45) is 0. The number of benzene rings is 2. The minimum absolute atomic E-state index is 0.0284. The summed E-state index contributed by atoms with van der Waals surface area (Å²) in [5, 5.41) is 6.13. The molecule has 0 saturated heterocycles. The van der Waals surface area contributed by atoms with E-state index in [0.717, 1.165) is 27.0 Å². The molecule has 0 spiro atoms. The molecule has 3 rings (SSSR count). The quantitative estimate of drug-likeness (QED) is 0.718. The van der Waals surface area contributed by atoms with Gasteiger partial charge in [0, 0.05) is 18.4 Å².